The third kappa shape index (κ3) is 3.95. The van der Waals surface area contributed by atoms with Gasteiger partial charge in [0.2, 0.25) is 0 Å². The number of ether oxygens (including phenoxy) is 2. The van der Waals surface area contributed by atoms with E-state index in [1.54, 1.807) is 43.6 Å². The number of hydrogen-bond donors (Lipinski definition) is 1. The molecule has 5 nitrogen and oxygen atoms in total. The van der Waals surface area contributed by atoms with Crippen LogP contribution in [0.3, 0.4) is 0 Å². The lowest BCUT2D eigenvalue weighted by Gasteiger charge is -2.11. The van der Waals surface area contributed by atoms with Gasteiger partial charge in [0.05, 0.1) is 13.7 Å². The number of pyridine rings is 1. The Morgan fingerprint density at radius 1 is 1.29 bits per heavy atom. The van der Waals surface area contributed by atoms with Crippen LogP contribution in [0.2, 0.25) is 0 Å². The Balaban J connectivity index is 2.17. The average molecular weight is 351 g/mol. The third-order valence-corrected chi connectivity index (χ3v) is 3.14. The van der Waals surface area contributed by atoms with Gasteiger partial charge in [-0.15, -0.1) is 0 Å². The van der Waals surface area contributed by atoms with Crippen molar-refractivity contribution in [1.29, 1.82) is 0 Å². The molecule has 0 unspecified atom stereocenters. The number of nitrogens with one attached hydrogen (secondary N) is 1. The van der Waals surface area contributed by atoms with Crippen molar-refractivity contribution in [1.82, 2.24) is 4.98 Å². The second-order valence-electron chi connectivity index (χ2n) is 4.12. The highest BCUT2D eigenvalue weighted by atomic mass is 79.9. The zero-order valence-electron chi connectivity index (χ0n) is 11.7. The van der Waals surface area contributed by atoms with Crippen molar-refractivity contribution in [3.05, 3.63) is 46.7 Å². The molecule has 0 aliphatic carbocycles. The molecule has 6 heteroatoms. The summed E-state index contributed by atoms with van der Waals surface area (Å²) in [6.45, 7) is 2.45. The monoisotopic (exact) mass is 350 g/mol. The molecule has 0 aliphatic heterocycles. The predicted octanol–water partition coefficient (Wildman–Crippen LogP) is 3.50. The Labute approximate surface area is 131 Å². The normalized spacial score (nSPS) is 10.0. The lowest BCUT2D eigenvalue weighted by molar-refractivity contribution is 0.102. The number of nitrogens with zero attached hydrogens (tertiary/aromatic N) is 1. The zero-order valence-corrected chi connectivity index (χ0v) is 13.3. The minimum Gasteiger partial charge on any atom is -0.493 e. The molecule has 1 heterocycles. The summed E-state index contributed by atoms with van der Waals surface area (Å²) in [5, 5.41) is 2.81. The molecule has 1 N–H and O–H groups in total. The fourth-order valence-electron chi connectivity index (χ4n) is 1.77. The highest BCUT2D eigenvalue weighted by Crippen LogP contribution is 2.30. The Morgan fingerprint density at radius 2 is 2.10 bits per heavy atom. The van der Waals surface area contributed by atoms with Crippen LogP contribution in [-0.2, 0) is 0 Å². The van der Waals surface area contributed by atoms with E-state index < -0.39 is 0 Å². The average Bonchev–Trinajstić information content (AvgIpc) is 2.49. The van der Waals surface area contributed by atoms with Crippen molar-refractivity contribution in [3.8, 4) is 11.5 Å². The van der Waals surface area contributed by atoms with Crippen molar-refractivity contribution < 1.29 is 14.3 Å². The van der Waals surface area contributed by atoms with Gasteiger partial charge < -0.3 is 14.8 Å². The van der Waals surface area contributed by atoms with Gasteiger partial charge in [-0.05, 0) is 47.1 Å². The first-order valence-electron chi connectivity index (χ1n) is 6.37. The molecule has 0 saturated carbocycles. The van der Waals surface area contributed by atoms with E-state index in [1.165, 1.54) is 0 Å². The number of hydrogen-bond acceptors (Lipinski definition) is 4. The quantitative estimate of drug-likeness (QED) is 0.838. The van der Waals surface area contributed by atoms with Crippen LogP contribution in [0.4, 0.5) is 5.69 Å². The Kier molecular flexibility index (Phi) is 5.16. The van der Waals surface area contributed by atoms with Crippen LogP contribution < -0.4 is 14.8 Å². The molecule has 1 aromatic heterocycles. The predicted molar refractivity (Wildman–Crippen MR) is 84.1 cm³/mol. The third-order valence-electron chi connectivity index (χ3n) is 2.71. The molecule has 21 heavy (non-hydrogen) atoms. The smallest absolute Gasteiger partial charge is 0.255 e. The highest BCUT2D eigenvalue weighted by Gasteiger charge is 2.10. The first kappa shape index (κ1) is 15.3. The first-order valence-corrected chi connectivity index (χ1v) is 7.17. The molecular formula is C15H15BrN2O3. The van der Waals surface area contributed by atoms with Crippen LogP contribution in [0.15, 0.2) is 41.1 Å². The number of methoxy groups -OCH3 is 1. The number of anilines is 1. The Bertz CT molecular complexity index is 647. The molecule has 1 amide bonds. The van der Waals surface area contributed by atoms with Crippen LogP contribution >= 0.6 is 15.9 Å². The molecule has 2 rings (SSSR count). The van der Waals surface area contributed by atoms with E-state index in [1.807, 2.05) is 6.92 Å². The highest BCUT2D eigenvalue weighted by molar-refractivity contribution is 9.10. The van der Waals surface area contributed by atoms with Crippen molar-refractivity contribution in [2.24, 2.45) is 0 Å². The molecular weight excluding hydrogens is 336 g/mol. The summed E-state index contributed by atoms with van der Waals surface area (Å²) in [6, 6.07) is 8.55. The summed E-state index contributed by atoms with van der Waals surface area (Å²) in [6.07, 6.45) is 1.57. The Morgan fingerprint density at radius 3 is 2.76 bits per heavy atom. The molecule has 2 aromatic rings. The number of benzene rings is 1. The summed E-state index contributed by atoms with van der Waals surface area (Å²) < 4.78 is 11.3. The van der Waals surface area contributed by atoms with Gasteiger partial charge in [0.1, 0.15) is 4.60 Å². The first-order chi connectivity index (χ1) is 10.1. The summed E-state index contributed by atoms with van der Waals surface area (Å²) in [4.78, 5) is 16.1. The number of halogens is 1. The standard InChI is InChI=1S/C15H15BrN2O3/c1-3-21-12-5-4-11(9-13(12)20-2)18-15(19)10-6-7-17-14(16)8-10/h4-9H,3H2,1-2H3,(H,18,19). The second-order valence-corrected chi connectivity index (χ2v) is 4.93. The van der Waals surface area contributed by atoms with Crippen molar-refractivity contribution in [3.63, 3.8) is 0 Å². The van der Waals surface area contributed by atoms with Gasteiger partial charge in [-0.2, -0.15) is 0 Å². The van der Waals surface area contributed by atoms with Gasteiger partial charge in [-0.25, -0.2) is 4.98 Å². The van der Waals surface area contributed by atoms with E-state index >= 15 is 0 Å². The van der Waals surface area contributed by atoms with Gasteiger partial charge in [-0.3, -0.25) is 4.79 Å². The summed E-state index contributed by atoms with van der Waals surface area (Å²) in [5.74, 6) is 1.000. The fraction of sp³-hybridized carbons (Fsp3) is 0.200. The maximum atomic E-state index is 12.1. The summed E-state index contributed by atoms with van der Waals surface area (Å²) in [5.41, 5.74) is 1.15. The van der Waals surface area contributed by atoms with E-state index in [0.29, 0.717) is 34.0 Å². The molecule has 1 aromatic carbocycles. The van der Waals surface area contributed by atoms with E-state index in [2.05, 4.69) is 26.2 Å². The zero-order chi connectivity index (χ0) is 15.2. The van der Waals surface area contributed by atoms with Crippen LogP contribution in [-0.4, -0.2) is 24.6 Å². The number of amides is 1. The largest absolute Gasteiger partial charge is 0.493 e. The second kappa shape index (κ2) is 7.08. The maximum Gasteiger partial charge on any atom is 0.255 e. The van der Waals surface area contributed by atoms with Gasteiger partial charge in [0.25, 0.3) is 5.91 Å². The maximum absolute atomic E-state index is 12.1. The van der Waals surface area contributed by atoms with Crippen LogP contribution in [0, 0.1) is 0 Å². The summed E-state index contributed by atoms with van der Waals surface area (Å²) in [7, 11) is 1.56. The molecule has 110 valence electrons. The van der Waals surface area contributed by atoms with Crippen molar-refractivity contribution in [2.45, 2.75) is 6.92 Å². The molecule has 0 radical (unpaired) electrons. The van der Waals surface area contributed by atoms with E-state index in [0.717, 1.165) is 0 Å². The molecule has 0 spiro atoms. The number of carbonyl (C=O) groups excluding carboxylic acids is 1. The molecule has 0 atom stereocenters. The van der Waals surface area contributed by atoms with E-state index in [4.69, 9.17) is 9.47 Å². The number of aromatic nitrogens is 1. The van der Waals surface area contributed by atoms with Gasteiger partial charge in [-0.1, -0.05) is 0 Å². The van der Waals surface area contributed by atoms with Gasteiger partial charge in [0.15, 0.2) is 11.5 Å². The lowest BCUT2D eigenvalue weighted by Crippen LogP contribution is -2.12. The Hall–Kier alpha value is -2.08. The van der Waals surface area contributed by atoms with E-state index in [9.17, 15) is 4.79 Å². The molecule has 0 aliphatic rings. The fourth-order valence-corrected chi connectivity index (χ4v) is 2.13. The molecule has 0 saturated heterocycles. The van der Waals surface area contributed by atoms with Crippen LogP contribution in [0.25, 0.3) is 0 Å². The minimum atomic E-state index is -0.218. The minimum absolute atomic E-state index is 0.218. The topological polar surface area (TPSA) is 60.5 Å². The number of carbonyl (C=O) groups is 1. The lowest BCUT2D eigenvalue weighted by atomic mass is 10.2. The van der Waals surface area contributed by atoms with Crippen molar-refractivity contribution in [2.75, 3.05) is 19.0 Å². The number of rotatable bonds is 5. The molecule has 0 fully saturated rings. The van der Waals surface area contributed by atoms with Gasteiger partial charge >= 0.3 is 0 Å². The SMILES string of the molecule is CCOc1ccc(NC(=O)c2ccnc(Br)c2)cc1OC. The van der Waals surface area contributed by atoms with Gasteiger partial charge in [0, 0.05) is 23.5 Å². The summed E-state index contributed by atoms with van der Waals surface area (Å²) >= 11 is 3.24. The van der Waals surface area contributed by atoms with Crippen LogP contribution in [0.5, 0.6) is 11.5 Å². The molecule has 0 bridgehead atoms. The van der Waals surface area contributed by atoms with Crippen LogP contribution in [0.1, 0.15) is 17.3 Å². The van der Waals surface area contributed by atoms with E-state index in [-0.39, 0.29) is 5.91 Å². The van der Waals surface area contributed by atoms with Crippen molar-refractivity contribution >= 4 is 27.5 Å².